The summed E-state index contributed by atoms with van der Waals surface area (Å²) in [7, 11) is 3.92. The summed E-state index contributed by atoms with van der Waals surface area (Å²) in [6, 6.07) is 25.6. The van der Waals surface area contributed by atoms with Crippen molar-refractivity contribution in [2.75, 3.05) is 25.6 Å². The first-order valence-corrected chi connectivity index (χ1v) is 14.1. The minimum absolute atomic E-state index is 0.286. The van der Waals surface area contributed by atoms with Crippen molar-refractivity contribution in [3.05, 3.63) is 112 Å². The third kappa shape index (κ3) is 6.55. The van der Waals surface area contributed by atoms with E-state index in [0.29, 0.717) is 39.8 Å². The number of carbonyl (C=O) groups excluding carboxylic acids is 2. The molecule has 1 heterocycles. The number of fused-ring (bicyclic) bond motifs is 1. The maximum atomic E-state index is 13.4. The Bertz CT molecular complexity index is 1840. The number of esters is 1. The van der Waals surface area contributed by atoms with Crippen LogP contribution in [0.15, 0.2) is 90.0 Å². The van der Waals surface area contributed by atoms with E-state index >= 15 is 0 Å². The van der Waals surface area contributed by atoms with E-state index in [1.54, 1.807) is 42.5 Å². The lowest BCUT2D eigenvalue weighted by atomic mass is 10.0. The predicted molar refractivity (Wildman–Crippen MR) is 172 cm³/mol. The lowest BCUT2D eigenvalue weighted by Crippen LogP contribution is -2.19. The average molecular weight is 595 g/mol. The van der Waals surface area contributed by atoms with Gasteiger partial charge in [-0.1, -0.05) is 47.5 Å². The second-order valence-corrected chi connectivity index (χ2v) is 10.5. The molecular weight excluding hydrogens is 564 g/mol. The van der Waals surface area contributed by atoms with Crippen LogP contribution in [0.5, 0.6) is 11.5 Å². The molecular formula is C34H31ClN4O4. The number of nitrogens with zero attached hydrogens (tertiary/aromatic N) is 2. The van der Waals surface area contributed by atoms with E-state index in [2.05, 4.69) is 15.5 Å². The van der Waals surface area contributed by atoms with Gasteiger partial charge in [0.05, 0.1) is 18.4 Å². The number of rotatable bonds is 9. The zero-order chi connectivity index (χ0) is 30.5. The molecule has 0 aliphatic carbocycles. The molecule has 0 aliphatic heterocycles. The number of nitrogens with one attached hydrogen (secondary N) is 2. The highest BCUT2D eigenvalue weighted by Gasteiger charge is 2.21. The molecule has 2 N–H and O–H groups in total. The van der Waals surface area contributed by atoms with Gasteiger partial charge in [0, 0.05) is 46.8 Å². The monoisotopic (exact) mass is 594 g/mol. The van der Waals surface area contributed by atoms with Crippen LogP contribution in [0.2, 0.25) is 5.02 Å². The maximum absolute atomic E-state index is 13.4. The summed E-state index contributed by atoms with van der Waals surface area (Å²) in [4.78, 5) is 31.4. The molecule has 9 heteroatoms. The van der Waals surface area contributed by atoms with Crippen molar-refractivity contribution in [2.24, 2.45) is 5.10 Å². The Kier molecular flexibility index (Phi) is 8.78. The Hall–Kier alpha value is -5.08. The van der Waals surface area contributed by atoms with Crippen LogP contribution in [0.1, 0.15) is 38.9 Å². The van der Waals surface area contributed by atoms with Crippen LogP contribution in [0.3, 0.4) is 0 Å². The minimum atomic E-state index is -0.483. The third-order valence-corrected chi connectivity index (χ3v) is 7.10. The molecule has 4 aromatic carbocycles. The smallest absolute Gasteiger partial charge is 0.343 e. The van der Waals surface area contributed by atoms with Gasteiger partial charge < -0.3 is 19.4 Å². The summed E-state index contributed by atoms with van der Waals surface area (Å²) < 4.78 is 11.3. The standard InChI is InChI=1S/C34H31ClN4O4/c1-5-42-30-18-22(13-16-29(30)43-34(41)23-10-8-9-21(2)17-23)20-36-38-33(40)32-31(25-11-6-7-12-27(25)35)26-19-24(39(3)4)14-15-28(26)37-32/h6-20,37H,5H2,1-4H3,(H,38,40). The Morgan fingerprint density at radius 1 is 0.977 bits per heavy atom. The van der Waals surface area contributed by atoms with E-state index in [1.807, 2.05) is 75.3 Å². The first-order chi connectivity index (χ1) is 20.7. The van der Waals surface area contributed by atoms with Crippen LogP contribution in [-0.4, -0.2) is 43.8 Å². The van der Waals surface area contributed by atoms with Gasteiger partial charge >= 0.3 is 5.97 Å². The van der Waals surface area contributed by atoms with Gasteiger partial charge in [-0.3, -0.25) is 4.79 Å². The number of aromatic amines is 1. The van der Waals surface area contributed by atoms with Crippen molar-refractivity contribution < 1.29 is 19.1 Å². The van der Waals surface area contributed by atoms with Crippen LogP contribution in [0.4, 0.5) is 5.69 Å². The Morgan fingerprint density at radius 2 is 1.79 bits per heavy atom. The molecule has 0 fully saturated rings. The minimum Gasteiger partial charge on any atom is -0.490 e. The molecule has 0 aliphatic rings. The first-order valence-electron chi connectivity index (χ1n) is 13.7. The number of aromatic nitrogens is 1. The van der Waals surface area contributed by atoms with Crippen molar-refractivity contribution in [1.29, 1.82) is 0 Å². The number of amides is 1. The normalized spacial score (nSPS) is 11.1. The summed E-state index contributed by atoms with van der Waals surface area (Å²) in [5.41, 5.74) is 8.21. The molecule has 43 heavy (non-hydrogen) atoms. The summed E-state index contributed by atoms with van der Waals surface area (Å²) in [5, 5.41) is 5.59. The molecule has 0 spiro atoms. The highest BCUT2D eigenvalue weighted by atomic mass is 35.5. The lowest BCUT2D eigenvalue weighted by Gasteiger charge is -2.13. The topological polar surface area (TPSA) is 96.0 Å². The molecule has 0 unspecified atom stereocenters. The zero-order valence-electron chi connectivity index (χ0n) is 24.3. The van der Waals surface area contributed by atoms with Gasteiger partial charge in [0.2, 0.25) is 0 Å². The average Bonchev–Trinajstić information content (AvgIpc) is 3.37. The molecule has 5 rings (SSSR count). The third-order valence-electron chi connectivity index (χ3n) is 6.77. The van der Waals surface area contributed by atoms with Crippen molar-refractivity contribution in [3.8, 4) is 22.6 Å². The summed E-state index contributed by atoms with van der Waals surface area (Å²) in [5.74, 6) is -0.243. The van der Waals surface area contributed by atoms with Crippen molar-refractivity contribution in [2.45, 2.75) is 13.8 Å². The predicted octanol–water partition coefficient (Wildman–Crippen LogP) is 7.24. The van der Waals surface area contributed by atoms with Gasteiger partial charge in [0.25, 0.3) is 5.91 Å². The second-order valence-electron chi connectivity index (χ2n) is 10.1. The van der Waals surface area contributed by atoms with E-state index in [1.165, 1.54) is 6.21 Å². The molecule has 0 saturated heterocycles. The molecule has 0 saturated carbocycles. The maximum Gasteiger partial charge on any atom is 0.343 e. The number of hydrogen-bond donors (Lipinski definition) is 2. The van der Waals surface area contributed by atoms with Crippen molar-refractivity contribution in [3.63, 3.8) is 0 Å². The van der Waals surface area contributed by atoms with Gasteiger partial charge in [-0.15, -0.1) is 0 Å². The Balaban J connectivity index is 1.40. The van der Waals surface area contributed by atoms with Crippen LogP contribution < -0.4 is 19.8 Å². The Morgan fingerprint density at radius 3 is 2.53 bits per heavy atom. The molecule has 8 nitrogen and oxygen atoms in total. The van der Waals surface area contributed by atoms with Crippen LogP contribution in [0, 0.1) is 6.92 Å². The first kappa shape index (κ1) is 29.4. The van der Waals surface area contributed by atoms with Crippen molar-refractivity contribution >= 4 is 46.3 Å². The number of hydrazone groups is 1. The van der Waals surface area contributed by atoms with E-state index < -0.39 is 11.9 Å². The fourth-order valence-electron chi connectivity index (χ4n) is 4.68. The fourth-order valence-corrected chi connectivity index (χ4v) is 4.91. The van der Waals surface area contributed by atoms with Crippen LogP contribution in [0.25, 0.3) is 22.0 Å². The van der Waals surface area contributed by atoms with Gasteiger partial charge in [-0.2, -0.15) is 5.10 Å². The van der Waals surface area contributed by atoms with E-state index in [9.17, 15) is 9.59 Å². The number of anilines is 1. The van der Waals surface area contributed by atoms with E-state index in [-0.39, 0.29) is 5.75 Å². The number of ether oxygens (including phenoxy) is 2. The van der Waals surface area contributed by atoms with E-state index in [0.717, 1.165) is 27.7 Å². The van der Waals surface area contributed by atoms with Gasteiger partial charge in [-0.05, 0) is 74.0 Å². The fraction of sp³-hybridized carbons (Fsp3) is 0.147. The molecule has 0 radical (unpaired) electrons. The Labute approximate surface area is 254 Å². The highest BCUT2D eigenvalue weighted by Crippen LogP contribution is 2.38. The largest absolute Gasteiger partial charge is 0.490 e. The highest BCUT2D eigenvalue weighted by molar-refractivity contribution is 6.34. The molecule has 1 aromatic heterocycles. The zero-order valence-corrected chi connectivity index (χ0v) is 25.0. The van der Waals surface area contributed by atoms with Gasteiger partial charge in [0.15, 0.2) is 11.5 Å². The summed E-state index contributed by atoms with van der Waals surface area (Å²) >= 11 is 6.58. The van der Waals surface area contributed by atoms with Crippen LogP contribution in [-0.2, 0) is 0 Å². The summed E-state index contributed by atoms with van der Waals surface area (Å²) in [6.45, 7) is 4.12. The SMILES string of the molecule is CCOc1cc(C=NNC(=O)c2[nH]c3ccc(N(C)C)cc3c2-c2ccccc2Cl)ccc1OC(=O)c1cccc(C)c1. The number of aryl methyl sites for hydroxylation is 1. The molecule has 218 valence electrons. The number of benzene rings is 4. The molecule has 5 aromatic rings. The van der Waals surface area contributed by atoms with E-state index in [4.69, 9.17) is 21.1 Å². The van der Waals surface area contributed by atoms with Gasteiger partial charge in [-0.25, -0.2) is 10.2 Å². The molecule has 0 atom stereocenters. The summed E-state index contributed by atoms with van der Waals surface area (Å²) in [6.07, 6.45) is 1.49. The van der Waals surface area contributed by atoms with Crippen LogP contribution >= 0.6 is 11.6 Å². The second kappa shape index (κ2) is 12.8. The van der Waals surface area contributed by atoms with Crippen molar-refractivity contribution in [1.82, 2.24) is 10.4 Å². The lowest BCUT2D eigenvalue weighted by molar-refractivity contribution is 0.0728. The number of carbonyl (C=O) groups is 2. The molecule has 1 amide bonds. The van der Waals surface area contributed by atoms with Gasteiger partial charge in [0.1, 0.15) is 5.69 Å². The number of hydrogen-bond acceptors (Lipinski definition) is 6. The number of halogens is 1. The number of H-pyrrole nitrogens is 1. The quantitative estimate of drug-likeness (QED) is 0.0811. The molecule has 0 bridgehead atoms.